The largest absolute Gasteiger partial charge is 0.375 e. The summed E-state index contributed by atoms with van der Waals surface area (Å²) in [5.41, 5.74) is 3.10. The third-order valence-electron chi connectivity index (χ3n) is 4.62. The molecule has 1 aromatic carbocycles. The molecule has 2 atom stereocenters. The second-order valence-corrected chi connectivity index (χ2v) is 6.37. The molecule has 0 radical (unpaired) electrons. The zero-order valence-electron chi connectivity index (χ0n) is 13.1. The fourth-order valence-electron chi connectivity index (χ4n) is 3.51. The summed E-state index contributed by atoms with van der Waals surface area (Å²) in [7, 11) is 2.13. The molecule has 0 aromatic heterocycles. The Morgan fingerprint density at radius 3 is 2.62 bits per heavy atom. The number of amides is 1. The maximum Gasteiger partial charge on any atom is 0.253 e. The average Bonchev–Trinajstić information content (AvgIpc) is 2.45. The van der Waals surface area contributed by atoms with Crippen LogP contribution in [0.2, 0.25) is 0 Å². The summed E-state index contributed by atoms with van der Waals surface area (Å²) in [6.45, 7) is 7.40. The number of nitrogens with zero attached hydrogens (tertiary/aromatic N) is 2. The van der Waals surface area contributed by atoms with Gasteiger partial charge in [-0.1, -0.05) is 17.2 Å². The van der Waals surface area contributed by atoms with Gasteiger partial charge in [-0.15, -0.1) is 0 Å². The number of benzene rings is 1. The van der Waals surface area contributed by atoms with Crippen molar-refractivity contribution in [3.63, 3.8) is 0 Å². The molecule has 114 valence electrons. The Balaban J connectivity index is 1.76. The zero-order chi connectivity index (χ0) is 15.0. The number of ether oxygens (including phenoxy) is 1. The summed E-state index contributed by atoms with van der Waals surface area (Å²) < 4.78 is 5.84. The summed E-state index contributed by atoms with van der Waals surface area (Å²) in [5.74, 6) is 0.152. The summed E-state index contributed by atoms with van der Waals surface area (Å²) in [5, 5.41) is 0. The highest BCUT2D eigenvalue weighted by Gasteiger charge is 2.37. The number of piperidine rings is 1. The smallest absolute Gasteiger partial charge is 0.253 e. The van der Waals surface area contributed by atoms with E-state index in [0.29, 0.717) is 6.04 Å². The van der Waals surface area contributed by atoms with Gasteiger partial charge in [-0.3, -0.25) is 9.69 Å². The summed E-state index contributed by atoms with van der Waals surface area (Å²) in [4.78, 5) is 17.1. The first-order valence-electron chi connectivity index (χ1n) is 7.74. The Kier molecular flexibility index (Phi) is 4.00. The molecule has 2 aliphatic heterocycles. The normalized spacial score (nSPS) is 26.5. The lowest BCUT2D eigenvalue weighted by molar-refractivity contribution is -0.0893. The molecule has 0 saturated carbocycles. The van der Waals surface area contributed by atoms with Crippen molar-refractivity contribution in [1.29, 1.82) is 0 Å². The minimum Gasteiger partial charge on any atom is -0.375 e. The van der Waals surface area contributed by atoms with Crippen LogP contribution >= 0.6 is 0 Å². The van der Waals surface area contributed by atoms with Crippen LogP contribution in [0.5, 0.6) is 0 Å². The molecule has 1 unspecified atom stereocenters. The van der Waals surface area contributed by atoms with E-state index in [1.54, 1.807) is 0 Å². The van der Waals surface area contributed by atoms with E-state index >= 15 is 0 Å². The molecule has 2 aliphatic rings. The molecule has 2 heterocycles. The van der Waals surface area contributed by atoms with Crippen LogP contribution < -0.4 is 0 Å². The number of fused-ring (bicyclic) bond motifs is 1. The number of rotatable bonds is 1. The topological polar surface area (TPSA) is 32.8 Å². The second-order valence-electron chi connectivity index (χ2n) is 6.37. The lowest BCUT2D eigenvalue weighted by Gasteiger charge is -2.45. The van der Waals surface area contributed by atoms with Crippen molar-refractivity contribution in [2.75, 3.05) is 33.3 Å². The van der Waals surface area contributed by atoms with E-state index < -0.39 is 0 Å². The molecule has 3 rings (SSSR count). The molecule has 4 heteroatoms. The SMILES string of the molecule is Cc1cc(C)cc(C(=O)N2CCC3OCCN(C)[C@H]3C2)c1. The highest BCUT2D eigenvalue weighted by molar-refractivity contribution is 5.94. The Labute approximate surface area is 126 Å². The predicted molar refractivity (Wildman–Crippen MR) is 82.6 cm³/mol. The van der Waals surface area contributed by atoms with Crippen LogP contribution in [-0.2, 0) is 4.74 Å². The molecular formula is C17H24N2O2. The van der Waals surface area contributed by atoms with Crippen molar-refractivity contribution in [2.45, 2.75) is 32.4 Å². The predicted octanol–water partition coefficient (Wildman–Crippen LogP) is 1.85. The Morgan fingerprint density at radius 2 is 1.90 bits per heavy atom. The third-order valence-corrected chi connectivity index (χ3v) is 4.62. The number of aryl methyl sites for hydroxylation is 2. The number of likely N-dealkylation sites (N-methyl/N-ethyl adjacent to an activating group) is 1. The summed E-state index contributed by atoms with van der Waals surface area (Å²) in [6.07, 6.45) is 1.22. The number of hydrogen-bond donors (Lipinski definition) is 0. The quantitative estimate of drug-likeness (QED) is 0.790. The van der Waals surface area contributed by atoms with Crippen LogP contribution in [0.3, 0.4) is 0 Å². The van der Waals surface area contributed by atoms with Crippen LogP contribution in [0, 0.1) is 13.8 Å². The lowest BCUT2D eigenvalue weighted by Crippen LogP contribution is -2.59. The Hall–Kier alpha value is -1.39. The monoisotopic (exact) mass is 288 g/mol. The molecule has 4 nitrogen and oxygen atoms in total. The molecule has 2 saturated heterocycles. The van der Waals surface area contributed by atoms with Crippen molar-refractivity contribution in [3.8, 4) is 0 Å². The van der Waals surface area contributed by atoms with E-state index in [2.05, 4.69) is 18.0 Å². The van der Waals surface area contributed by atoms with Gasteiger partial charge in [0.05, 0.1) is 18.8 Å². The van der Waals surface area contributed by atoms with Gasteiger partial charge in [0.15, 0.2) is 0 Å². The van der Waals surface area contributed by atoms with Gasteiger partial charge >= 0.3 is 0 Å². The highest BCUT2D eigenvalue weighted by atomic mass is 16.5. The molecule has 1 amide bonds. The van der Waals surface area contributed by atoms with Gasteiger partial charge in [-0.05, 0) is 39.4 Å². The Bertz CT molecular complexity index is 523. The van der Waals surface area contributed by atoms with E-state index in [-0.39, 0.29) is 12.0 Å². The standard InChI is InChI=1S/C17H24N2O2/c1-12-8-13(2)10-14(9-12)17(20)19-5-4-16-15(11-19)18(3)6-7-21-16/h8-10,15-16H,4-7,11H2,1-3H3/t15-,16?/m0/s1. The molecule has 1 aromatic rings. The van der Waals surface area contributed by atoms with Gasteiger partial charge < -0.3 is 9.64 Å². The van der Waals surface area contributed by atoms with Gasteiger partial charge in [0, 0.05) is 25.2 Å². The molecule has 2 fully saturated rings. The van der Waals surface area contributed by atoms with E-state index in [9.17, 15) is 4.79 Å². The van der Waals surface area contributed by atoms with Crippen molar-refractivity contribution in [2.24, 2.45) is 0 Å². The van der Waals surface area contributed by atoms with Crippen molar-refractivity contribution >= 4 is 5.91 Å². The fraction of sp³-hybridized carbons (Fsp3) is 0.588. The van der Waals surface area contributed by atoms with E-state index in [4.69, 9.17) is 4.74 Å². The Morgan fingerprint density at radius 1 is 1.19 bits per heavy atom. The van der Waals surface area contributed by atoms with Crippen molar-refractivity contribution in [3.05, 3.63) is 34.9 Å². The molecule has 0 N–H and O–H groups in total. The van der Waals surface area contributed by atoms with Gasteiger partial charge in [0.1, 0.15) is 0 Å². The van der Waals surface area contributed by atoms with Crippen LogP contribution in [0.4, 0.5) is 0 Å². The van der Waals surface area contributed by atoms with Crippen molar-refractivity contribution in [1.82, 2.24) is 9.80 Å². The molecule has 0 bridgehead atoms. The number of hydrogen-bond acceptors (Lipinski definition) is 3. The highest BCUT2D eigenvalue weighted by Crippen LogP contribution is 2.23. The average molecular weight is 288 g/mol. The summed E-state index contributed by atoms with van der Waals surface area (Å²) >= 11 is 0. The first kappa shape index (κ1) is 14.5. The van der Waals surface area contributed by atoms with Gasteiger partial charge in [-0.25, -0.2) is 0 Å². The number of carbonyl (C=O) groups excluding carboxylic acids is 1. The van der Waals surface area contributed by atoms with Crippen LogP contribution in [0.15, 0.2) is 18.2 Å². The third kappa shape index (κ3) is 2.97. The zero-order valence-corrected chi connectivity index (χ0v) is 13.1. The molecule has 0 spiro atoms. The minimum absolute atomic E-state index is 0.152. The number of morpholine rings is 1. The van der Waals surface area contributed by atoms with Gasteiger partial charge in [0.2, 0.25) is 0 Å². The van der Waals surface area contributed by atoms with E-state index in [0.717, 1.165) is 49.4 Å². The van der Waals surface area contributed by atoms with Gasteiger partial charge in [0.25, 0.3) is 5.91 Å². The minimum atomic E-state index is 0.152. The maximum atomic E-state index is 12.8. The molecule has 21 heavy (non-hydrogen) atoms. The van der Waals surface area contributed by atoms with E-state index in [1.807, 2.05) is 30.9 Å². The van der Waals surface area contributed by atoms with Crippen LogP contribution in [0.1, 0.15) is 27.9 Å². The molecule has 0 aliphatic carbocycles. The maximum absolute atomic E-state index is 12.8. The van der Waals surface area contributed by atoms with E-state index in [1.165, 1.54) is 0 Å². The van der Waals surface area contributed by atoms with Gasteiger partial charge in [-0.2, -0.15) is 0 Å². The first-order valence-corrected chi connectivity index (χ1v) is 7.74. The lowest BCUT2D eigenvalue weighted by atomic mass is 9.98. The second kappa shape index (κ2) is 5.78. The fourth-order valence-corrected chi connectivity index (χ4v) is 3.51. The number of carbonyl (C=O) groups is 1. The number of likely N-dealkylation sites (tertiary alicyclic amines) is 1. The van der Waals surface area contributed by atoms with Crippen LogP contribution in [-0.4, -0.2) is 61.1 Å². The first-order chi connectivity index (χ1) is 10.0. The van der Waals surface area contributed by atoms with Crippen molar-refractivity contribution < 1.29 is 9.53 Å². The van der Waals surface area contributed by atoms with Crippen LogP contribution in [0.25, 0.3) is 0 Å². The summed E-state index contributed by atoms with van der Waals surface area (Å²) in [6, 6.07) is 6.42. The molecular weight excluding hydrogens is 264 g/mol.